The third-order valence-electron chi connectivity index (χ3n) is 2.90. The molecule has 5 heteroatoms. The zero-order valence-electron chi connectivity index (χ0n) is 12.0. The van der Waals surface area contributed by atoms with E-state index in [1.165, 1.54) is 17.8 Å². The van der Waals surface area contributed by atoms with Crippen LogP contribution < -0.4 is 10.1 Å². The van der Waals surface area contributed by atoms with Crippen LogP contribution in [0.25, 0.3) is 0 Å². The summed E-state index contributed by atoms with van der Waals surface area (Å²) >= 11 is 0. The maximum atomic E-state index is 13.0. The van der Waals surface area contributed by atoms with Crippen molar-refractivity contribution in [2.45, 2.75) is 13.2 Å². The third kappa shape index (κ3) is 5.49. The maximum absolute atomic E-state index is 13.0. The SMILES string of the molecule is COCCNCc1ccc(OCc2cncc(F)c2)cc1. The summed E-state index contributed by atoms with van der Waals surface area (Å²) in [5.41, 5.74) is 1.88. The Morgan fingerprint density at radius 1 is 1.14 bits per heavy atom. The maximum Gasteiger partial charge on any atom is 0.141 e. The molecule has 0 aliphatic heterocycles. The summed E-state index contributed by atoms with van der Waals surface area (Å²) in [5, 5.41) is 3.27. The molecule has 1 aromatic carbocycles. The molecular weight excluding hydrogens is 271 g/mol. The Labute approximate surface area is 123 Å². The standard InChI is InChI=1S/C16H19FN2O2/c1-20-7-6-18-9-13-2-4-16(5-3-13)21-12-14-8-15(17)11-19-10-14/h2-5,8,10-11,18H,6-7,9,12H2,1H3. The Balaban J connectivity index is 1.79. The van der Waals surface area contributed by atoms with E-state index in [2.05, 4.69) is 10.3 Å². The van der Waals surface area contributed by atoms with Gasteiger partial charge in [0.25, 0.3) is 0 Å². The van der Waals surface area contributed by atoms with Crippen LogP contribution in [0.1, 0.15) is 11.1 Å². The molecule has 0 unspecified atom stereocenters. The molecule has 0 amide bonds. The zero-order valence-corrected chi connectivity index (χ0v) is 12.0. The Kier molecular flexibility index (Phi) is 6.12. The average molecular weight is 290 g/mol. The molecule has 2 rings (SSSR count). The summed E-state index contributed by atoms with van der Waals surface area (Å²) in [7, 11) is 1.68. The van der Waals surface area contributed by atoms with Crippen LogP contribution >= 0.6 is 0 Å². The van der Waals surface area contributed by atoms with E-state index in [-0.39, 0.29) is 5.82 Å². The molecule has 1 heterocycles. The van der Waals surface area contributed by atoms with Crippen molar-refractivity contribution in [3.05, 3.63) is 59.7 Å². The van der Waals surface area contributed by atoms with Gasteiger partial charge in [-0.25, -0.2) is 4.39 Å². The Morgan fingerprint density at radius 3 is 2.67 bits per heavy atom. The number of rotatable bonds is 8. The van der Waals surface area contributed by atoms with Gasteiger partial charge in [-0.15, -0.1) is 0 Å². The van der Waals surface area contributed by atoms with Gasteiger partial charge in [-0.3, -0.25) is 4.98 Å². The van der Waals surface area contributed by atoms with E-state index in [0.717, 1.165) is 18.8 Å². The molecule has 2 aromatic rings. The molecule has 1 N–H and O–H groups in total. The molecular formula is C16H19FN2O2. The van der Waals surface area contributed by atoms with Crippen LogP contribution in [0.3, 0.4) is 0 Å². The Hall–Kier alpha value is -1.98. The lowest BCUT2D eigenvalue weighted by Gasteiger charge is -2.08. The lowest BCUT2D eigenvalue weighted by molar-refractivity contribution is 0.199. The minimum atomic E-state index is -0.353. The predicted molar refractivity (Wildman–Crippen MR) is 78.6 cm³/mol. The molecule has 21 heavy (non-hydrogen) atoms. The summed E-state index contributed by atoms with van der Waals surface area (Å²) in [6, 6.07) is 9.22. The molecule has 112 valence electrons. The van der Waals surface area contributed by atoms with Gasteiger partial charge in [-0.2, -0.15) is 0 Å². The normalized spacial score (nSPS) is 10.6. The van der Waals surface area contributed by atoms with Gasteiger partial charge in [0.05, 0.1) is 12.8 Å². The topological polar surface area (TPSA) is 43.4 Å². The molecule has 0 saturated carbocycles. The minimum absolute atomic E-state index is 0.302. The third-order valence-corrected chi connectivity index (χ3v) is 2.90. The fourth-order valence-electron chi connectivity index (χ4n) is 1.81. The first-order chi connectivity index (χ1) is 10.3. The molecule has 0 atom stereocenters. The highest BCUT2D eigenvalue weighted by Gasteiger charge is 1.99. The fraction of sp³-hybridized carbons (Fsp3) is 0.312. The summed E-state index contributed by atoms with van der Waals surface area (Å²) in [6.07, 6.45) is 2.77. The van der Waals surface area contributed by atoms with E-state index < -0.39 is 0 Å². The van der Waals surface area contributed by atoms with Crippen molar-refractivity contribution in [1.29, 1.82) is 0 Å². The number of methoxy groups -OCH3 is 1. The van der Waals surface area contributed by atoms with Crippen molar-refractivity contribution < 1.29 is 13.9 Å². The van der Waals surface area contributed by atoms with Crippen LogP contribution in [0, 0.1) is 5.82 Å². The lowest BCUT2D eigenvalue weighted by Crippen LogP contribution is -2.18. The van der Waals surface area contributed by atoms with Crippen molar-refractivity contribution >= 4 is 0 Å². The highest BCUT2D eigenvalue weighted by atomic mass is 19.1. The molecule has 0 spiro atoms. The van der Waals surface area contributed by atoms with Crippen LogP contribution in [0.5, 0.6) is 5.75 Å². The molecule has 0 saturated heterocycles. The van der Waals surface area contributed by atoms with Gasteiger partial charge in [-0.1, -0.05) is 12.1 Å². The van der Waals surface area contributed by atoms with Crippen LogP contribution in [0.15, 0.2) is 42.7 Å². The second-order valence-corrected chi connectivity index (χ2v) is 4.61. The van der Waals surface area contributed by atoms with Crippen molar-refractivity contribution in [1.82, 2.24) is 10.3 Å². The van der Waals surface area contributed by atoms with Gasteiger partial charge in [-0.05, 0) is 23.8 Å². The van der Waals surface area contributed by atoms with Crippen LogP contribution in [0.4, 0.5) is 4.39 Å². The number of hydrogen-bond acceptors (Lipinski definition) is 4. The molecule has 0 bridgehead atoms. The molecule has 4 nitrogen and oxygen atoms in total. The van der Waals surface area contributed by atoms with E-state index in [4.69, 9.17) is 9.47 Å². The molecule has 0 fully saturated rings. The predicted octanol–water partition coefficient (Wildman–Crippen LogP) is 2.54. The Morgan fingerprint density at radius 2 is 1.95 bits per heavy atom. The zero-order chi connectivity index (χ0) is 14.9. The number of nitrogens with one attached hydrogen (secondary N) is 1. The average Bonchev–Trinajstić information content (AvgIpc) is 2.51. The van der Waals surface area contributed by atoms with Gasteiger partial charge in [0, 0.05) is 32.0 Å². The van der Waals surface area contributed by atoms with Crippen LogP contribution in [-0.4, -0.2) is 25.2 Å². The van der Waals surface area contributed by atoms with Crippen molar-refractivity contribution in [2.24, 2.45) is 0 Å². The van der Waals surface area contributed by atoms with Gasteiger partial charge < -0.3 is 14.8 Å². The van der Waals surface area contributed by atoms with Crippen molar-refractivity contribution in [3.8, 4) is 5.75 Å². The minimum Gasteiger partial charge on any atom is -0.489 e. The van der Waals surface area contributed by atoms with Gasteiger partial charge in [0.1, 0.15) is 18.2 Å². The molecule has 0 radical (unpaired) electrons. The number of nitrogens with zero attached hydrogens (tertiary/aromatic N) is 1. The fourth-order valence-corrected chi connectivity index (χ4v) is 1.81. The van der Waals surface area contributed by atoms with Gasteiger partial charge in [0.2, 0.25) is 0 Å². The van der Waals surface area contributed by atoms with Crippen LogP contribution in [-0.2, 0) is 17.9 Å². The van der Waals surface area contributed by atoms with E-state index in [1.807, 2.05) is 24.3 Å². The second kappa shape index (κ2) is 8.34. The van der Waals surface area contributed by atoms with E-state index in [1.54, 1.807) is 13.3 Å². The summed E-state index contributed by atoms with van der Waals surface area (Å²) in [6.45, 7) is 2.61. The lowest BCUT2D eigenvalue weighted by atomic mass is 10.2. The van der Waals surface area contributed by atoms with Crippen LogP contribution in [0.2, 0.25) is 0 Å². The largest absolute Gasteiger partial charge is 0.489 e. The number of hydrogen-bond donors (Lipinski definition) is 1. The molecule has 0 aliphatic carbocycles. The number of ether oxygens (including phenoxy) is 2. The van der Waals surface area contributed by atoms with E-state index in [9.17, 15) is 4.39 Å². The van der Waals surface area contributed by atoms with Gasteiger partial charge in [0.15, 0.2) is 0 Å². The number of benzene rings is 1. The highest BCUT2D eigenvalue weighted by Crippen LogP contribution is 2.14. The number of halogens is 1. The first-order valence-electron chi connectivity index (χ1n) is 6.79. The van der Waals surface area contributed by atoms with Crippen molar-refractivity contribution in [2.75, 3.05) is 20.3 Å². The summed E-state index contributed by atoms with van der Waals surface area (Å²) in [5.74, 6) is 0.397. The Bertz CT molecular complexity index is 546. The molecule has 1 aromatic heterocycles. The highest BCUT2D eigenvalue weighted by molar-refractivity contribution is 5.27. The summed E-state index contributed by atoms with van der Waals surface area (Å²) in [4.78, 5) is 3.79. The monoisotopic (exact) mass is 290 g/mol. The van der Waals surface area contributed by atoms with Gasteiger partial charge >= 0.3 is 0 Å². The quantitative estimate of drug-likeness (QED) is 0.759. The van der Waals surface area contributed by atoms with Crippen molar-refractivity contribution in [3.63, 3.8) is 0 Å². The number of aromatic nitrogens is 1. The van der Waals surface area contributed by atoms with E-state index in [0.29, 0.717) is 18.8 Å². The van der Waals surface area contributed by atoms with E-state index >= 15 is 0 Å². The first kappa shape index (κ1) is 15.4. The smallest absolute Gasteiger partial charge is 0.141 e. The summed E-state index contributed by atoms with van der Waals surface area (Å²) < 4.78 is 23.6. The second-order valence-electron chi connectivity index (χ2n) is 4.61. The first-order valence-corrected chi connectivity index (χ1v) is 6.79. The molecule has 0 aliphatic rings. The number of pyridine rings is 1.